The van der Waals surface area contributed by atoms with Crippen LogP contribution in [0.15, 0.2) is 0 Å². The zero-order chi connectivity index (χ0) is 12.5. The molecule has 0 saturated carbocycles. The number of hydrogen-bond acceptors (Lipinski definition) is 5. The second-order valence-corrected chi connectivity index (χ2v) is 4.98. The number of rotatable bonds is 2. The number of halogens is 3. The predicted octanol–water partition coefficient (Wildman–Crippen LogP) is 2.25. The van der Waals surface area contributed by atoms with Gasteiger partial charge in [0.05, 0.1) is 0 Å². The summed E-state index contributed by atoms with van der Waals surface area (Å²) in [6.07, 6.45) is 2.23. The smallest absolute Gasteiger partial charge is 0.226 e. The van der Waals surface area contributed by atoms with Gasteiger partial charge in [0.1, 0.15) is 16.4 Å². The van der Waals surface area contributed by atoms with E-state index >= 15 is 0 Å². The number of nitrogens with zero attached hydrogens (tertiary/aromatic N) is 3. The molecule has 1 fully saturated rings. The monoisotopic (exact) mass is 322 g/mol. The van der Waals surface area contributed by atoms with Crippen LogP contribution in [-0.4, -0.2) is 39.3 Å². The maximum atomic E-state index is 6.05. The maximum absolute atomic E-state index is 6.05. The Morgan fingerprint density at radius 1 is 1.26 bits per heavy atom. The molecular weight excluding hydrogens is 311 g/mol. The minimum atomic E-state index is 0. The third-order valence-corrected chi connectivity index (χ3v) is 3.42. The molecular formula is C10H13Cl3N6. The molecule has 2 aromatic rings. The second-order valence-electron chi connectivity index (χ2n) is 4.27. The van der Waals surface area contributed by atoms with Gasteiger partial charge in [0.25, 0.3) is 0 Å². The summed E-state index contributed by atoms with van der Waals surface area (Å²) < 4.78 is 0. The largest absolute Gasteiger partial charge is 0.365 e. The molecule has 3 N–H and O–H groups in total. The van der Waals surface area contributed by atoms with Gasteiger partial charge in [0, 0.05) is 12.6 Å². The lowest BCUT2D eigenvalue weighted by atomic mass is 10.1. The van der Waals surface area contributed by atoms with Crippen molar-refractivity contribution in [3.8, 4) is 0 Å². The molecule has 1 aliphatic rings. The van der Waals surface area contributed by atoms with Gasteiger partial charge < -0.3 is 10.6 Å². The van der Waals surface area contributed by atoms with Gasteiger partial charge >= 0.3 is 0 Å². The Hall–Kier alpha value is -0.820. The standard InChI is InChI=1S/C10H12Cl2N6.ClH/c11-7-6-8(14-5-2-1-3-13-4-5)15-10(12)16-9(6)18-17-7;/h5,13H,1-4H2,(H2,14,15,16,17,18);1H. The molecule has 0 spiro atoms. The highest BCUT2D eigenvalue weighted by molar-refractivity contribution is 6.35. The van der Waals surface area contributed by atoms with Crippen LogP contribution in [0.3, 0.4) is 0 Å². The van der Waals surface area contributed by atoms with Gasteiger partial charge in [0.2, 0.25) is 5.28 Å². The van der Waals surface area contributed by atoms with E-state index < -0.39 is 0 Å². The molecule has 6 nitrogen and oxygen atoms in total. The van der Waals surface area contributed by atoms with Crippen molar-refractivity contribution in [2.24, 2.45) is 0 Å². The number of aromatic nitrogens is 4. The number of aromatic amines is 1. The fraction of sp³-hybridized carbons (Fsp3) is 0.500. The summed E-state index contributed by atoms with van der Waals surface area (Å²) in [6, 6.07) is 0.318. The topological polar surface area (TPSA) is 78.5 Å². The molecule has 2 aromatic heterocycles. The van der Waals surface area contributed by atoms with Crippen molar-refractivity contribution in [2.45, 2.75) is 18.9 Å². The van der Waals surface area contributed by atoms with Gasteiger partial charge in [-0.25, -0.2) is 0 Å². The van der Waals surface area contributed by atoms with Gasteiger partial charge in [-0.1, -0.05) is 11.6 Å². The van der Waals surface area contributed by atoms with Gasteiger partial charge in [-0.05, 0) is 31.0 Å². The van der Waals surface area contributed by atoms with E-state index in [4.69, 9.17) is 23.2 Å². The zero-order valence-corrected chi connectivity index (χ0v) is 12.2. The van der Waals surface area contributed by atoms with E-state index in [2.05, 4.69) is 30.8 Å². The predicted molar refractivity (Wildman–Crippen MR) is 78.5 cm³/mol. The van der Waals surface area contributed by atoms with Gasteiger partial charge in [-0.15, -0.1) is 12.4 Å². The third-order valence-electron chi connectivity index (χ3n) is 2.98. The normalized spacial score (nSPS) is 19.2. The van der Waals surface area contributed by atoms with Crippen LogP contribution in [0.5, 0.6) is 0 Å². The summed E-state index contributed by atoms with van der Waals surface area (Å²) in [6.45, 7) is 1.96. The zero-order valence-electron chi connectivity index (χ0n) is 9.91. The van der Waals surface area contributed by atoms with Crippen LogP contribution >= 0.6 is 35.6 Å². The Balaban J connectivity index is 0.00000133. The fourth-order valence-corrected chi connectivity index (χ4v) is 2.52. The van der Waals surface area contributed by atoms with E-state index in [0.717, 1.165) is 25.9 Å². The molecule has 1 saturated heterocycles. The van der Waals surface area contributed by atoms with Crippen LogP contribution in [0.25, 0.3) is 11.0 Å². The van der Waals surface area contributed by atoms with E-state index in [1.54, 1.807) is 0 Å². The Kier molecular flexibility index (Phi) is 4.67. The van der Waals surface area contributed by atoms with Crippen LogP contribution < -0.4 is 10.6 Å². The molecule has 0 aliphatic carbocycles. The molecule has 1 aliphatic heterocycles. The number of anilines is 1. The highest BCUT2D eigenvalue weighted by Gasteiger charge is 2.18. The molecule has 0 amide bonds. The first-order valence-corrected chi connectivity index (χ1v) is 6.54. The Labute approximate surface area is 126 Å². The summed E-state index contributed by atoms with van der Waals surface area (Å²) in [5, 5.41) is 14.6. The highest BCUT2D eigenvalue weighted by atomic mass is 35.5. The molecule has 19 heavy (non-hydrogen) atoms. The average molecular weight is 324 g/mol. The van der Waals surface area contributed by atoms with Crippen molar-refractivity contribution in [3.63, 3.8) is 0 Å². The number of hydrogen-bond donors (Lipinski definition) is 3. The van der Waals surface area contributed by atoms with Crippen LogP contribution in [0.4, 0.5) is 5.82 Å². The van der Waals surface area contributed by atoms with E-state index in [9.17, 15) is 0 Å². The summed E-state index contributed by atoms with van der Waals surface area (Å²) in [4.78, 5) is 8.22. The molecule has 9 heteroatoms. The SMILES string of the molecule is Cl.Clc1nc(NC2CCCNC2)c2c(Cl)[nH]nc2n1. The van der Waals surface area contributed by atoms with Crippen molar-refractivity contribution in [2.75, 3.05) is 18.4 Å². The Bertz CT molecular complexity index is 566. The van der Waals surface area contributed by atoms with Crippen LogP contribution in [-0.2, 0) is 0 Å². The summed E-state index contributed by atoms with van der Waals surface area (Å²) >= 11 is 11.9. The van der Waals surface area contributed by atoms with Crippen molar-refractivity contribution in [1.82, 2.24) is 25.5 Å². The van der Waals surface area contributed by atoms with Gasteiger partial charge in [0.15, 0.2) is 5.65 Å². The number of nitrogens with one attached hydrogen (secondary N) is 3. The summed E-state index contributed by atoms with van der Waals surface area (Å²) in [5.41, 5.74) is 0.478. The summed E-state index contributed by atoms with van der Waals surface area (Å²) in [5.74, 6) is 0.637. The van der Waals surface area contributed by atoms with Crippen molar-refractivity contribution < 1.29 is 0 Å². The molecule has 104 valence electrons. The Morgan fingerprint density at radius 2 is 2.11 bits per heavy atom. The van der Waals surface area contributed by atoms with Crippen molar-refractivity contribution >= 4 is 52.5 Å². The molecule has 1 unspecified atom stereocenters. The lowest BCUT2D eigenvalue weighted by Gasteiger charge is -2.24. The minimum absolute atomic E-state index is 0. The minimum Gasteiger partial charge on any atom is -0.365 e. The average Bonchev–Trinajstić information content (AvgIpc) is 2.72. The molecule has 3 rings (SSSR count). The maximum Gasteiger partial charge on any atom is 0.226 e. The first kappa shape index (κ1) is 14.6. The highest BCUT2D eigenvalue weighted by Crippen LogP contribution is 2.27. The fourth-order valence-electron chi connectivity index (χ4n) is 2.14. The van der Waals surface area contributed by atoms with Crippen LogP contribution in [0.1, 0.15) is 12.8 Å². The third kappa shape index (κ3) is 3.02. The van der Waals surface area contributed by atoms with Gasteiger partial charge in [-0.2, -0.15) is 15.1 Å². The van der Waals surface area contributed by atoms with E-state index in [1.165, 1.54) is 0 Å². The molecule has 3 heterocycles. The lowest BCUT2D eigenvalue weighted by molar-refractivity contribution is 0.479. The van der Waals surface area contributed by atoms with E-state index in [0.29, 0.717) is 28.0 Å². The lowest BCUT2D eigenvalue weighted by Crippen LogP contribution is -2.38. The quantitative estimate of drug-likeness (QED) is 0.739. The number of piperidine rings is 1. The van der Waals surface area contributed by atoms with Gasteiger partial charge in [-0.3, -0.25) is 5.10 Å². The van der Waals surface area contributed by atoms with Crippen LogP contribution in [0, 0.1) is 0 Å². The number of H-pyrrole nitrogens is 1. The van der Waals surface area contributed by atoms with Crippen molar-refractivity contribution in [1.29, 1.82) is 0 Å². The van der Waals surface area contributed by atoms with Crippen molar-refractivity contribution in [3.05, 3.63) is 10.4 Å². The molecule has 0 aromatic carbocycles. The summed E-state index contributed by atoms with van der Waals surface area (Å²) in [7, 11) is 0. The Morgan fingerprint density at radius 3 is 2.84 bits per heavy atom. The molecule has 1 atom stereocenters. The number of fused-ring (bicyclic) bond motifs is 1. The molecule has 0 bridgehead atoms. The molecule has 0 radical (unpaired) electrons. The van der Waals surface area contributed by atoms with Crippen LogP contribution in [0.2, 0.25) is 10.4 Å². The first-order chi connectivity index (χ1) is 8.74. The second kappa shape index (κ2) is 6.09. The van der Waals surface area contributed by atoms with E-state index in [1.807, 2.05) is 0 Å². The van der Waals surface area contributed by atoms with E-state index in [-0.39, 0.29) is 17.7 Å². The first-order valence-electron chi connectivity index (χ1n) is 5.78.